The van der Waals surface area contributed by atoms with Crippen molar-refractivity contribution < 1.29 is 4.39 Å². The fraction of sp³-hybridized carbons (Fsp3) is 0.125. The first-order valence-corrected chi connectivity index (χ1v) is 6.90. The van der Waals surface area contributed by atoms with Gasteiger partial charge in [-0.2, -0.15) is 5.10 Å². The van der Waals surface area contributed by atoms with E-state index in [-0.39, 0.29) is 11.5 Å². The molecule has 112 valence electrons. The van der Waals surface area contributed by atoms with Crippen LogP contribution >= 0.6 is 0 Å². The highest BCUT2D eigenvalue weighted by molar-refractivity contribution is 5.42. The summed E-state index contributed by atoms with van der Waals surface area (Å²) in [5.41, 5.74) is 1.52. The van der Waals surface area contributed by atoms with Crippen LogP contribution in [0.5, 0.6) is 0 Å². The second kappa shape index (κ2) is 6.26. The van der Waals surface area contributed by atoms with Crippen molar-refractivity contribution in [3.8, 4) is 0 Å². The summed E-state index contributed by atoms with van der Waals surface area (Å²) >= 11 is 0. The van der Waals surface area contributed by atoms with E-state index in [2.05, 4.69) is 15.4 Å². The van der Waals surface area contributed by atoms with Crippen LogP contribution in [-0.4, -0.2) is 14.8 Å². The smallest absolute Gasteiger partial charge is 0.343 e. The molecule has 5 nitrogen and oxygen atoms in total. The first-order chi connectivity index (χ1) is 10.7. The highest BCUT2D eigenvalue weighted by Crippen LogP contribution is 2.08. The Kier molecular flexibility index (Phi) is 4.00. The lowest BCUT2D eigenvalue weighted by atomic mass is 10.2. The summed E-state index contributed by atoms with van der Waals surface area (Å²) in [7, 11) is 0. The van der Waals surface area contributed by atoms with E-state index in [9.17, 15) is 9.18 Å². The Balaban J connectivity index is 1.67. The zero-order valence-electron chi connectivity index (χ0n) is 11.8. The third-order valence-electron chi connectivity index (χ3n) is 3.21. The van der Waals surface area contributed by atoms with Crippen LogP contribution in [0.4, 0.5) is 10.1 Å². The molecule has 0 aliphatic rings. The Morgan fingerprint density at radius 2 is 1.82 bits per heavy atom. The first kappa shape index (κ1) is 14.1. The van der Waals surface area contributed by atoms with Crippen LogP contribution in [0.3, 0.4) is 0 Å². The summed E-state index contributed by atoms with van der Waals surface area (Å²) in [6, 6.07) is 15.7. The maximum absolute atomic E-state index is 12.8. The summed E-state index contributed by atoms with van der Waals surface area (Å²) in [6.07, 6.45) is 0. The minimum absolute atomic E-state index is 0.250. The van der Waals surface area contributed by atoms with Crippen LogP contribution in [0.15, 0.2) is 59.4 Å². The van der Waals surface area contributed by atoms with Gasteiger partial charge < -0.3 is 5.32 Å². The molecule has 22 heavy (non-hydrogen) atoms. The number of aromatic amines is 1. The van der Waals surface area contributed by atoms with E-state index in [0.29, 0.717) is 18.9 Å². The van der Waals surface area contributed by atoms with Crippen LogP contribution in [0, 0.1) is 5.82 Å². The molecule has 0 aliphatic carbocycles. The molecular formula is C16H15FN4O. The fourth-order valence-corrected chi connectivity index (χ4v) is 2.10. The van der Waals surface area contributed by atoms with Gasteiger partial charge in [-0.1, -0.05) is 30.3 Å². The van der Waals surface area contributed by atoms with Crippen molar-refractivity contribution >= 4 is 5.69 Å². The Bertz CT molecular complexity index is 793. The van der Waals surface area contributed by atoms with Crippen molar-refractivity contribution in [2.45, 2.75) is 13.1 Å². The molecule has 0 saturated carbocycles. The van der Waals surface area contributed by atoms with E-state index < -0.39 is 0 Å². The minimum atomic E-state index is -0.286. The van der Waals surface area contributed by atoms with Gasteiger partial charge in [-0.15, -0.1) is 0 Å². The van der Waals surface area contributed by atoms with E-state index in [0.717, 1.165) is 11.3 Å². The van der Waals surface area contributed by atoms with Gasteiger partial charge in [-0.25, -0.2) is 13.9 Å². The normalized spacial score (nSPS) is 10.6. The second-order valence-electron chi connectivity index (χ2n) is 4.88. The van der Waals surface area contributed by atoms with Crippen molar-refractivity contribution in [2.24, 2.45) is 0 Å². The molecule has 0 unspecified atom stereocenters. The van der Waals surface area contributed by atoms with E-state index >= 15 is 0 Å². The number of hydrogen-bond acceptors (Lipinski definition) is 3. The molecule has 3 aromatic rings. The lowest BCUT2D eigenvalue weighted by Gasteiger charge is -2.03. The van der Waals surface area contributed by atoms with Crippen molar-refractivity contribution in [1.82, 2.24) is 14.8 Å². The largest absolute Gasteiger partial charge is 0.378 e. The molecule has 2 N–H and O–H groups in total. The van der Waals surface area contributed by atoms with Crippen LogP contribution in [0.1, 0.15) is 11.4 Å². The predicted molar refractivity (Wildman–Crippen MR) is 82.1 cm³/mol. The Hall–Kier alpha value is -2.89. The molecule has 1 heterocycles. The summed E-state index contributed by atoms with van der Waals surface area (Å²) in [5, 5.41) is 7.33. The van der Waals surface area contributed by atoms with Gasteiger partial charge in [0.15, 0.2) is 0 Å². The first-order valence-electron chi connectivity index (χ1n) is 6.90. The maximum atomic E-state index is 12.8. The number of hydrogen-bond donors (Lipinski definition) is 2. The predicted octanol–water partition coefficient (Wildman–Crippen LogP) is 2.37. The van der Waals surface area contributed by atoms with Gasteiger partial charge in [0, 0.05) is 5.69 Å². The van der Waals surface area contributed by atoms with Crippen LogP contribution < -0.4 is 11.0 Å². The molecule has 2 aromatic carbocycles. The number of nitrogens with one attached hydrogen (secondary N) is 2. The molecule has 1 aromatic heterocycles. The number of H-pyrrole nitrogens is 1. The molecule has 0 aliphatic heterocycles. The monoisotopic (exact) mass is 298 g/mol. The lowest BCUT2D eigenvalue weighted by molar-refractivity contribution is 0.628. The van der Waals surface area contributed by atoms with E-state index in [1.54, 1.807) is 12.1 Å². The Morgan fingerprint density at radius 3 is 2.55 bits per heavy atom. The molecule has 3 rings (SSSR count). The summed E-state index contributed by atoms with van der Waals surface area (Å²) in [5.74, 6) is 0.247. The lowest BCUT2D eigenvalue weighted by Crippen LogP contribution is -2.18. The summed E-state index contributed by atoms with van der Waals surface area (Å²) in [4.78, 5) is 14.6. The van der Waals surface area contributed by atoms with Crippen molar-refractivity contribution in [3.63, 3.8) is 0 Å². The van der Waals surface area contributed by atoms with Crippen molar-refractivity contribution in [3.05, 3.63) is 82.3 Å². The molecule has 0 bridgehead atoms. The minimum Gasteiger partial charge on any atom is -0.378 e. The van der Waals surface area contributed by atoms with Crippen LogP contribution in [-0.2, 0) is 13.1 Å². The third kappa shape index (κ3) is 3.41. The molecule has 0 radical (unpaired) electrons. The maximum Gasteiger partial charge on any atom is 0.343 e. The quantitative estimate of drug-likeness (QED) is 0.760. The zero-order valence-corrected chi connectivity index (χ0v) is 11.8. The highest BCUT2D eigenvalue weighted by Gasteiger charge is 2.05. The molecular weight excluding hydrogens is 283 g/mol. The number of nitrogens with zero attached hydrogens (tertiary/aromatic N) is 2. The van der Waals surface area contributed by atoms with Gasteiger partial charge >= 0.3 is 5.69 Å². The third-order valence-corrected chi connectivity index (χ3v) is 3.21. The molecule has 0 atom stereocenters. The summed E-state index contributed by atoms with van der Waals surface area (Å²) < 4.78 is 14.2. The second-order valence-corrected chi connectivity index (χ2v) is 4.88. The summed E-state index contributed by atoms with van der Waals surface area (Å²) in [6.45, 7) is 0.787. The van der Waals surface area contributed by atoms with Gasteiger partial charge in [0.25, 0.3) is 0 Å². The average molecular weight is 298 g/mol. The average Bonchev–Trinajstić information content (AvgIpc) is 2.88. The van der Waals surface area contributed by atoms with E-state index in [1.807, 2.05) is 30.3 Å². The highest BCUT2D eigenvalue weighted by atomic mass is 19.1. The topological polar surface area (TPSA) is 62.7 Å². The van der Waals surface area contributed by atoms with E-state index in [1.165, 1.54) is 16.8 Å². The molecule has 0 amide bonds. The Labute approximate surface area is 126 Å². The van der Waals surface area contributed by atoms with Gasteiger partial charge in [0.05, 0.1) is 13.1 Å². The van der Waals surface area contributed by atoms with Gasteiger partial charge in [-0.3, -0.25) is 4.98 Å². The molecule has 0 spiro atoms. The zero-order chi connectivity index (χ0) is 15.4. The van der Waals surface area contributed by atoms with Gasteiger partial charge in [-0.05, 0) is 29.8 Å². The van der Waals surface area contributed by atoms with Crippen molar-refractivity contribution in [1.29, 1.82) is 0 Å². The molecule has 0 fully saturated rings. The number of halogens is 1. The van der Waals surface area contributed by atoms with Crippen LogP contribution in [0.25, 0.3) is 0 Å². The number of rotatable bonds is 5. The van der Waals surface area contributed by atoms with Crippen molar-refractivity contribution in [2.75, 3.05) is 5.32 Å². The standard InChI is InChI=1S/C16H15FN4O/c17-13-6-8-14(9-7-13)18-10-15-19-16(22)21(20-15)11-12-4-2-1-3-5-12/h1-9,18H,10-11H2,(H,19,20,22). The van der Waals surface area contributed by atoms with E-state index in [4.69, 9.17) is 0 Å². The van der Waals surface area contributed by atoms with Gasteiger partial charge in [0.1, 0.15) is 11.6 Å². The Morgan fingerprint density at radius 1 is 1.09 bits per heavy atom. The molecule has 6 heteroatoms. The number of benzene rings is 2. The number of aromatic nitrogens is 3. The number of anilines is 1. The molecule has 0 saturated heterocycles. The van der Waals surface area contributed by atoms with Crippen LogP contribution in [0.2, 0.25) is 0 Å². The SMILES string of the molecule is O=c1[nH]c(CNc2ccc(F)cc2)nn1Cc1ccccc1. The fourth-order valence-electron chi connectivity index (χ4n) is 2.10. The van der Waals surface area contributed by atoms with Gasteiger partial charge in [0.2, 0.25) is 0 Å².